The minimum absolute atomic E-state index is 0.621. The first kappa shape index (κ1) is 24.1. The van der Waals surface area contributed by atoms with Gasteiger partial charge in [0.15, 0.2) is 16.6 Å². The molecule has 2 aromatic carbocycles. The summed E-state index contributed by atoms with van der Waals surface area (Å²) in [5.74, 6) is 2.52. The summed E-state index contributed by atoms with van der Waals surface area (Å²) in [6, 6.07) is 14.4. The number of piperazine rings is 1. The van der Waals surface area contributed by atoms with E-state index in [1.54, 1.807) is 7.11 Å². The number of benzene rings is 2. The number of hydrogen-bond donors (Lipinski definition) is 1. The average Bonchev–Trinajstić information content (AvgIpc) is 2.81. The van der Waals surface area contributed by atoms with Gasteiger partial charge in [0, 0.05) is 39.3 Å². The first-order valence-electron chi connectivity index (χ1n) is 11.4. The van der Waals surface area contributed by atoms with Crippen molar-refractivity contribution < 1.29 is 14.2 Å². The Hall–Kier alpha value is -2.51. The molecule has 0 radical (unpaired) electrons. The van der Waals surface area contributed by atoms with Gasteiger partial charge in [0.2, 0.25) is 0 Å². The molecular weight excluding hydrogens is 422 g/mol. The van der Waals surface area contributed by atoms with Crippen LogP contribution < -0.4 is 19.5 Å². The second-order valence-electron chi connectivity index (χ2n) is 7.74. The lowest BCUT2D eigenvalue weighted by molar-refractivity contribution is 0.174. The minimum atomic E-state index is 0.621. The number of rotatable bonds is 10. The lowest BCUT2D eigenvalue weighted by Gasteiger charge is -2.36. The van der Waals surface area contributed by atoms with Crippen molar-refractivity contribution in [2.45, 2.75) is 26.8 Å². The molecule has 0 atom stereocenters. The van der Waals surface area contributed by atoms with Crippen LogP contribution in [0.5, 0.6) is 17.2 Å². The Bertz CT molecular complexity index is 869. The third-order valence-electron chi connectivity index (χ3n) is 5.50. The van der Waals surface area contributed by atoms with Crippen LogP contribution in [0.1, 0.15) is 25.0 Å². The molecule has 0 aliphatic carbocycles. The zero-order chi connectivity index (χ0) is 22.8. The van der Waals surface area contributed by atoms with Gasteiger partial charge in [0.25, 0.3) is 0 Å². The molecule has 0 bridgehead atoms. The molecule has 0 saturated carbocycles. The largest absolute Gasteiger partial charge is 0.497 e. The zero-order valence-electron chi connectivity index (χ0n) is 19.4. The predicted octanol–water partition coefficient (Wildman–Crippen LogP) is 3.73. The Labute approximate surface area is 197 Å². The summed E-state index contributed by atoms with van der Waals surface area (Å²) in [5.41, 5.74) is 2.48. The van der Waals surface area contributed by atoms with Crippen LogP contribution in [0.2, 0.25) is 0 Å². The maximum Gasteiger partial charge on any atom is 0.169 e. The molecule has 0 spiro atoms. The van der Waals surface area contributed by atoms with Crippen molar-refractivity contribution in [3.05, 3.63) is 53.6 Å². The van der Waals surface area contributed by atoms with E-state index in [1.807, 2.05) is 32.0 Å². The molecule has 3 rings (SSSR count). The van der Waals surface area contributed by atoms with E-state index in [0.717, 1.165) is 68.1 Å². The van der Waals surface area contributed by atoms with Crippen LogP contribution in [-0.4, -0.2) is 68.0 Å². The summed E-state index contributed by atoms with van der Waals surface area (Å²) in [7, 11) is 1.71. The van der Waals surface area contributed by atoms with Crippen LogP contribution in [0, 0.1) is 0 Å². The highest BCUT2D eigenvalue weighted by Crippen LogP contribution is 2.28. The highest BCUT2D eigenvalue weighted by Gasteiger charge is 2.19. The third-order valence-corrected chi connectivity index (χ3v) is 5.90. The van der Waals surface area contributed by atoms with Gasteiger partial charge in [-0.1, -0.05) is 18.2 Å². The highest BCUT2D eigenvalue weighted by molar-refractivity contribution is 7.80. The topological polar surface area (TPSA) is 46.2 Å². The quantitative estimate of drug-likeness (QED) is 0.546. The van der Waals surface area contributed by atoms with Crippen molar-refractivity contribution in [2.75, 3.05) is 53.0 Å². The van der Waals surface area contributed by atoms with Crippen LogP contribution in [0.15, 0.2) is 42.5 Å². The Balaban J connectivity index is 1.42. The van der Waals surface area contributed by atoms with Crippen LogP contribution in [-0.2, 0) is 13.0 Å². The van der Waals surface area contributed by atoms with Gasteiger partial charge in [0.05, 0.1) is 20.3 Å². The molecule has 1 fully saturated rings. The summed E-state index contributed by atoms with van der Waals surface area (Å²) in [6.45, 7) is 10.8. The van der Waals surface area contributed by atoms with Gasteiger partial charge in [-0.25, -0.2) is 0 Å². The van der Waals surface area contributed by atoms with E-state index in [1.165, 1.54) is 11.1 Å². The van der Waals surface area contributed by atoms with Gasteiger partial charge in [-0.15, -0.1) is 0 Å². The summed E-state index contributed by atoms with van der Waals surface area (Å²) in [5, 5.41) is 4.26. The van der Waals surface area contributed by atoms with E-state index in [0.29, 0.717) is 13.2 Å². The second-order valence-corrected chi connectivity index (χ2v) is 8.13. The van der Waals surface area contributed by atoms with E-state index in [2.05, 4.69) is 39.4 Å². The molecule has 7 heteroatoms. The standard InChI is InChI=1S/C25H35N3O3S/c1-4-30-23-10-9-20(18-24(23)31-5-2)11-12-26-25(32)28-15-13-27(14-16-28)19-21-7-6-8-22(17-21)29-3/h6-10,17-18H,4-5,11-16,19H2,1-3H3,(H,26,32). The van der Waals surface area contributed by atoms with Crippen molar-refractivity contribution in [1.82, 2.24) is 15.1 Å². The third kappa shape index (κ3) is 7.00. The number of hydrogen-bond acceptors (Lipinski definition) is 5. The molecular formula is C25H35N3O3S. The average molecular weight is 458 g/mol. The van der Waals surface area contributed by atoms with Gasteiger partial charge in [0.1, 0.15) is 5.75 Å². The van der Waals surface area contributed by atoms with Crippen molar-refractivity contribution in [3.8, 4) is 17.2 Å². The number of nitrogens with one attached hydrogen (secondary N) is 1. The van der Waals surface area contributed by atoms with Crippen molar-refractivity contribution in [3.63, 3.8) is 0 Å². The Kier molecular flexibility index (Phi) is 9.43. The smallest absolute Gasteiger partial charge is 0.169 e. The first-order chi connectivity index (χ1) is 15.6. The first-order valence-corrected chi connectivity index (χ1v) is 11.8. The van der Waals surface area contributed by atoms with Gasteiger partial charge in [-0.3, -0.25) is 4.90 Å². The Morgan fingerprint density at radius 2 is 1.69 bits per heavy atom. The van der Waals surface area contributed by atoms with Gasteiger partial charge in [-0.2, -0.15) is 0 Å². The molecule has 2 aromatic rings. The van der Waals surface area contributed by atoms with E-state index >= 15 is 0 Å². The fraction of sp³-hybridized carbons (Fsp3) is 0.480. The van der Waals surface area contributed by atoms with Crippen molar-refractivity contribution >= 4 is 17.3 Å². The lowest BCUT2D eigenvalue weighted by atomic mass is 10.1. The normalized spacial score (nSPS) is 14.2. The molecule has 0 amide bonds. The highest BCUT2D eigenvalue weighted by atomic mass is 32.1. The van der Waals surface area contributed by atoms with Crippen molar-refractivity contribution in [1.29, 1.82) is 0 Å². The molecule has 0 aromatic heterocycles. The van der Waals surface area contributed by atoms with E-state index in [-0.39, 0.29) is 0 Å². The lowest BCUT2D eigenvalue weighted by Crippen LogP contribution is -2.51. The van der Waals surface area contributed by atoms with Crippen LogP contribution >= 0.6 is 12.2 Å². The summed E-state index contributed by atoms with van der Waals surface area (Å²) in [4.78, 5) is 4.73. The summed E-state index contributed by atoms with van der Waals surface area (Å²) in [6.07, 6.45) is 0.877. The molecule has 32 heavy (non-hydrogen) atoms. The van der Waals surface area contributed by atoms with Crippen LogP contribution in [0.4, 0.5) is 0 Å². The van der Waals surface area contributed by atoms with Crippen LogP contribution in [0.3, 0.4) is 0 Å². The van der Waals surface area contributed by atoms with Gasteiger partial charge >= 0.3 is 0 Å². The second kappa shape index (κ2) is 12.5. The number of ether oxygens (including phenoxy) is 3. The van der Waals surface area contributed by atoms with Gasteiger partial charge in [-0.05, 0) is 67.9 Å². The Morgan fingerprint density at radius 1 is 0.938 bits per heavy atom. The predicted molar refractivity (Wildman–Crippen MR) is 133 cm³/mol. The van der Waals surface area contributed by atoms with E-state index < -0.39 is 0 Å². The molecule has 1 heterocycles. The van der Waals surface area contributed by atoms with Crippen molar-refractivity contribution in [2.24, 2.45) is 0 Å². The fourth-order valence-electron chi connectivity index (χ4n) is 3.81. The minimum Gasteiger partial charge on any atom is -0.497 e. The molecule has 0 unspecified atom stereocenters. The summed E-state index contributed by atoms with van der Waals surface area (Å²) >= 11 is 5.65. The monoisotopic (exact) mass is 457 g/mol. The molecule has 174 valence electrons. The van der Waals surface area contributed by atoms with E-state index in [4.69, 9.17) is 26.4 Å². The number of thiocarbonyl (C=S) groups is 1. The summed E-state index contributed by atoms with van der Waals surface area (Å²) < 4.78 is 16.7. The maximum atomic E-state index is 5.73. The molecule has 1 aliphatic heterocycles. The van der Waals surface area contributed by atoms with Gasteiger partial charge < -0.3 is 24.4 Å². The zero-order valence-corrected chi connectivity index (χ0v) is 20.2. The molecule has 1 aliphatic rings. The number of nitrogens with zero attached hydrogens (tertiary/aromatic N) is 2. The maximum absolute atomic E-state index is 5.73. The molecule has 1 N–H and O–H groups in total. The fourth-order valence-corrected chi connectivity index (χ4v) is 4.10. The number of methoxy groups -OCH3 is 1. The Morgan fingerprint density at radius 3 is 2.41 bits per heavy atom. The molecule has 1 saturated heterocycles. The molecule has 6 nitrogen and oxygen atoms in total. The SMILES string of the molecule is CCOc1ccc(CCNC(=S)N2CCN(Cc3cccc(OC)c3)CC2)cc1OCC. The van der Waals surface area contributed by atoms with Crippen LogP contribution in [0.25, 0.3) is 0 Å². The van der Waals surface area contributed by atoms with E-state index in [9.17, 15) is 0 Å².